The van der Waals surface area contributed by atoms with Crippen molar-refractivity contribution in [2.24, 2.45) is 10.9 Å². The molecule has 1 aromatic carbocycles. The van der Waals surface area contributed by atoms with Crippen molar-refractivity contribution < 1.29 is 0 Å². The average molecular weight is 428 g/mol. The van der Waals surface area contributed by atoms with Gasteiger partial charge in [0.15, 0.2) is 0 Å². The fourth-order valence-corrected chi connectivity index (χ4v) is 4.88. The van der Waals surface area contributed by atoms with Gasteiger partial charge in [0.1, 0.15) is 5.82 Å². The maximum atomic E-state index is 4.86. The monoisotopic (exact) mass is 427 g/mol. The minimum absolute atomic E-state index is 0.369. The zero-order valence-electron chi connectivity index (χ0n) is 18.8. The van der Waals surface area contributed by atoms with Crippen LogP contribution in [-0.4, -0.2) is 57.8 Å². The summed E-state index contributed by atoms with van der Waals surface area (Å²) < 4.78 is 0. The van der Waals surface area contributed by atoms with Crippen LogP contribution in [0.2, 0.25) is 0 Å². The van der Waals surface area contributed by atoms with Crippen molar-refractivity contribution in [1.82, 2.24) is 19.9 Å². The second-order valence-electron chi connectivity index (χ2n) is 9.37. The molecule has 0 bridgehead atoms. The standard InChI is InChI=1S/C25H29N7/c1-16(2)23-22-17(13-27-23)3-4-18-14-28-25(30-24(18)22)29-21-8-7-20(15-26-21)32-11-9-31(10-12-32)19-5-6-19/h3-4,7-8,14-16,19H,5-6,9-13H2,1-2H3,(H,26,28,29,30). The number of fused-ring (bicyclic) bond motifs is 3. The van der Waals surface area contributed by atoms with Crippen LogP contribution in [-0.2, 0) is 6.54 Å². The lowest BCUT2D eigenvalue weighted by molar-refractivity contribution is 0.248. The summed E-state index contributed by atoms with van der Waals surface area (Å²) in [6, 6.07) is 9.26. The van der Waals surface area contributed by atoms with E-state index in [2.05, 4.69) is 57.1 Å². The molecule has 0 radical (unpaired) electrons. The van der Waals surface area contributed by atoms with Gasteiger partial charge in [-0.25, -0.2) is 15.0 Å². The van der Waals surface area contributed by atoms with Crippen molar-refractivity contribution in [3.63, 3.8) is 0 Å². The molecule has 164 valence electrons. The lowest BCUT2D eigenvalue weighted by Gasteiger charge is -2.36. The maximum Gasteiger partial charge on any atom is 0.228 e. The minimum atomic E-state index is 0.369. The van der Waals surface area contributed by atoms with Crippen LogP contribution in [0.5, 0.6) is 0 Å². The molecule has 3 aromatic rings. The van der Waals surface area contributed by atoms with Crippen LogP contribution >= 0.6 is 0 Å². The first-order valence-corrected chi connectivity index (χ1v) is 11.7. The van der Waals surface area contributed by atoms with Gasteiger partial charge in [0.2, 0.25) is 5.95 Å². The molecule has 1 saturated heterocycles. The second kappa shape index (κ2) is 7.81. The molecule has 6 rings (SSSR count). The Bertz CT molecular complexity index is 1170. The van der Waals surface area contributed by atoms with E-state index in [0.29, 0.717) is 11.9 Å². The van der Waals surface area contributed by atoms with Gasteiger partial charge in [-0.05, 0) is 36.5 Å². The van der Waals surface area contributed by atoms with E-state index >= 15 is 0 Å². The number of nitrogens with one attached hydrogen (secondary N) is 1. The van der Waals surface area contributed by atoms with Crippen molar-refractivity contribution in [3.8, 4) is 0 Å². The van der Waals surface area contributed by atoms with Crippen LogP contribution in [0.25, 0.3) is 10.9 Å². The van der Waals surface area contributed by atoms with Gasteiger partial charge in [0.25, 0.3) is 0 Å². The number of benzene rings is 1. The Labute approximate surface area is 188 Å². The van der Waals surface area contributed by atoms with Crippen molar-refractivity contribution >= 4 is 34.1 Å². The molecule has 2 aliphatic heterocycles. The number of aromatic nitrogens is 3. The molecule has 1 N–H and O–H groups in total. The Hall–Kier alpha value is -3.06. The molecule has 2 aromatic heterocycles. The van der Waals surface area contributed by atoms with Gasteiger partial charge in [0, 0.05) is 55.1 Å². The molecule has 0 atom stereocenters. The molecule has 7 heteroatoms. The second-order valence-corrected chi connectivity index (χ2v) is 9.37. The highest BCUT2D eigenvalue weighted by Gasteiger charge is 2.31. The third-order valence-electron chi connectivity index (χ3n) is 6.79. The first kappa shape index (κ1) is 19.6. The van der Waals surface area contributed by atoms with E-state index in [-0.39, 0.29) is 0 Å². The highest BCUT2D eigenvalue weighted by Crippen LogP contribution is 2.31. The first-order valence-electron chi connectivity index (χ1n) is 11.7. The van der Waals surface area contributed by atoms with E-state index in [1.807, 2.05) is 18.5 Å². The summed E-state index contributed by atoms with van der Waals surface area (Å²) in [5.41, 5.74) is 5.71. The summed E-state index contributed by atoms with van der Waals surface area (Å²) in [5, 5.41) is 4.33. The van der Waals surface area contributed by atoms with E-state index in [9.17, 15) is 0 Å². The number of nitrogens with zero attached hydrogens (tertiary/aromatic N) is 6. The Morgan fingerprint density at radius 3 is 2.53 bits per heavy atom. The summed E-state index contributed by atoms with van der Waals surface area (Å²) in [4.78, 5) is 23.8. The highest BCUT2D eigenvalue weighted by atomic mass is 15.3. The molecule has 2 fully saturated rings. The zero-order chi connectivity index (χ0) is 21.7. The summed E-state index contributed by atoms with van der Waals surface area (Å²) in [6.07, 6.45) is 6.60. The van der Waals surface area contributed by atoms with Crippen LogP contribution < -0.4 is 10.2 Å². The Morgan fingerprint density at radius 1 is 0.969 bits per heavy atom. The predicted molar refractivity (Wildman–Crippen MR) is 129 cm³/mol. The third-order valence-corrected chi connectivity index (χ3v) is 6.79. The largest absolute Gasteiger partial charge is 0.368 e. The number of piperazine rings is 1. The van der Waals surface area contributed by atoms with E-state index in [1.54, 1.807) is 0 Å². The summed E-state index contributed by atoms with van der Waals surface area (Å²) in [7, 11) is 0. The predicted octanol–water partition coefficient (Wildman–Crippen LogP) is 4.01. The molecule has 7 nitrogen and oxygen atoms in total. The number of pyridine rings is 1. The molecule has 1 saturated carbocycles. The summed E-state index contributed by atoms with van der Waals surface area (Å²) >= 11 is 0. The van der Waals surface area contributed by atoms with Crippen molar-refractivity contribution in [2.75, 3.05) is 36.4 Å². The SMILES string of the molecule is CC(C)C1=NCc2ccc3cnc(Nc4ccc(N5CCN(C6CC6)CC5)cn4)nc3c21. The van der Waals surface area contributed by atoms with Crippen LogP contribution in [0.4, 0.5) is 17.5 Å². The van der Waals surface area contributed by atoms with Gasteiger partial charge in [-0.3, -0.25) is 9.89 Å². The van der Waals surface area contributed by atoms with Crippen molar-refractivity contribution in [2.45, 2.75) is 39.3 Å². The molecular formula is C25H29N7. The van der Waals surface area contributed by atoms with Gasteiger partial charge >= 0.3 is 0 Å². The molecule has 0 unspecified atom stereocenters. The van der Waals surface area contributed by atoms with Crippen LogP contribution in [0.15, 0.2) is 41.7 Å². The molecule has 0 amide bonds. The number of anilines is 3. The lowest BCUT2D eigenvalue weighted by atomic mass is 9.96. The third kappa shape index (κ3) is 3.60. The number of rotatable bonds is 5. The fraction of sp³-hybridized carbons (Fsp3) is 0.440. The van der Waals surface area contributed by atoms with E-state index in [0.717, 1.165) is 61.2 Å². The molecule has 3 aliphatic rings. The van der Waals surface area contributed by atoms with Gasteiger partial charge in [0.05, 0.1) is 23.9 Å². The van der Waals surface area contributed by atoms with Gasteiger partial charge in [-0.2, -0.15) is 0 Å². The normalized spacial score (nSPS) is 18.8. The maximum absolute atomic E-state index is 4.86. The average Bonchev–Trinajstić information content (AvgIpc) is 3.57. The number of hydrogen-bond acceptors (Lipinski definition) is 7. The quantitative estimate of drug-likeness (QED) is 0.663. The molecule has 1 aliphatic carbocycles. The van der Waals surface area contributed by atoms with Crippen molar-refractivity contribution in [3.05, 3.63) is 47.8 Å². The molecule has 32 heavy (non-hydrogen) atoms. The van der Waals surface area contributed by atoms with Gasteiger partial charge in [-0.1, -0.05) is 26.0 Å². The Balaban J connectivity index is 1.20. The van der Waals surface area contributed by atoms with Crippen LogP contribution in [0.3, 0.4) is 0 Å². The van der Waals surface area contributed by atoms with Gasteiger partial charge in [-0.15, -0.1) is 0 Å². The minimum Gasteiger partial charge on any atom is -0.368 e. The Kier molecular flexibility index (Phi) is 4.79. The summed E-state index contributed by atoms with van der Waals surface area (Å²) in [6.45, 7) is 9.56. The smallest absolute Gasteiger partial charge is 0.228 e. The molecule has 4 heterocycles. The Morgan fingerprint density at radius 2 is 1.81 bits per heavy atom. The number of aliphatic imine (C=N–C) groups is 1. The fourth-order valence-electron chi connectivity index (χ4n) is 4.88. The van der Waals surface area contributed by atoms with E-state index < -0.39 is 0 Å². The zero-order valence-corrected chi connectivity index (χ0v) is 18.8. The van der Waals surface area contributed by atoms with Crippen LogP contribution in [0, 0.1) is 5.92 Å². The van der Waals surface area contributed by atoms with Crippen LogP contribution in [0.1, 0.15) is 37.8 Å². The van der Waals surface area contributed by atoms with E-state index in [4.69, 9.17) is 9.98 Å². The first-order chi connectivity index (χ1) is 15.7. The lowest BCUT2D eigenvalue weighted by Crippen LogP contribution is -2.47. The number of hydrogen-bond donors (Lipinski definition) is 1. The molecular weight excluding hydrogens is 398 g/mol. The van der Waals surface area contributed by atoms with E-state index in [1.165, 1.54) is 29.7 Å². The van der Waals surface area contributed by atoms with Gasteiger partial charge < -0.3 is 10.2 Å². The van der Waals surface area contributed by atoms with Crippen molar-refractivity contribution in [1.29, 1.82) is 0 Å². The summed E-state index contributed by atoms with van der Waals surface area (Å²) in [5.74, 6) is 1.70. The highest BCUT2D eigenvalue weighted by molar-refractivity contribution is 6.13. The molecule has 0 spiro atoms. The topological polar surface area (TPSA) is 69.5 Å².